The molecule has 0 spiro atoms. The minimum absolute atomic E-state index is 0.0864. The second-order valence-corrected chi connectivity index (χ2v) is 29.8. The molecule has 0 N–H and O–H groups in total. The van der Waals surface area contributed by atoms with Crippen molar-refractivity contribution in [2.75, 3.05) is 9.80 Å². The van der Waals surface area contributed by atoms with Crippen LogP contribution in [0.4, 0.5) is 34.1 Å². The predicted octanol–water partition coefficient (Wildman–Crippen LogP) is 29.1. The molecule has 4 heterocycles. The lowest BCUT2D eigenvalue weighted by molar-refractivity contribution is 0.660. The van der Waals surface area contributed by atoms with Crippen LogP contribution < -0.4 is 9.80 Å². The molecule has 0 saturated carbocycles. The Balaban J connectivity index is 0.000000143. The number of thiophene rings is 1. The van der Waals surface area contributed by atoms with E-state index in [0.717, 1.165) is 72.9 Å². The number of para-hydroxylation sites is 6. The van der Waals surface area contributed by atoms with Gasteiger partial charge in [0.15, 0.2) is 0 Å². The fraction of sp³-hybridized carbons (Fsp3) is 0.0291. The van der Waals surface area contributed by atoms with E-state index in [9.17, 15) is 0 Å². The van der Waals surface area contributed by atoms with Crippen molar-refractivity contribution < 1.29 is 4.42 Å². The maximum absolute atomic E-state index is 6.43. The van der Waals surface area contributed by atoms with Gasteiger partial charge in [0.25, 0.3) is 0 Å². The van der Waals surface area contributed by atoms with Crippen LogP contribution in [-0.2, 0) is 5.41 Å². The van der Waals surface area contributed by atoms with E-state index in [2.05, 4.69) is 421 Å². The molecule has 109 heavy (non-hydrogen) atoms. The third-order valence-corrected chi connectivity index (χ3v) is 23.2. The third kappa shape index (κ3) is 11.5. The molecule has 0 amide bonds. The van der Waals surface area contributed by atoms with Crippen molar-refractivity contribution in [1.29, 1.82) is 0 Å². The minimum atomic E-state index is -0.0864. The average Bonchev–Trinajstić information content (AvgIpc) is 1.60. The molecule has 6 heteroatoms. The summed E-state index contributed by atoms with van der Waals surface area (Å²) in [4.78, 5) is 7.29. The van der Waals surface area contributed by atoms with Crippen LogP contribution in [0.3, 0.4) is 0 Å². The zero-order valence-corrected chi connectivity index (χ0v) is 61.0. The molecule has 0 fully saturated rings. The zero-order chi connectivity index (χ0) is 72.5. The first-order valence-corrected chi connectivity index (χ1v) is 38.2. The number of aromatic nitrogens is 2. The second-order valence-electron chi connectivity index (χ2n) is 28.7. The SMILES string of the molecule is CC1(C)c2ccccc2-c2ccc(N(c3ccc(-c4ccccc4)cc3)c3ccc(-c4ccc5c(c4)c4ccccc4n5-c4ccccc4)cc3)cc21.c1ccc(-c2ccc(-c3ccc(N(c4ccc(-c5cccc6c5oc5ccccc56)cc4)c4ccc5c(c4)c4ccccc4n5-c4ccccc4)cc3)s2)cc1. The maximum atomic E-state index is 6.43. The molecule has 1 aliphatic carbocycles. The summed E-state index contributed by atoms with van der Waals surface area (Å²) in [5.74, 6) is 0. The topological polar surface area (TPSA) is 29.5 Å². The van der Waals surface area contributed by atoms with Gasteiger partial charge in [-0.25, -0.2) is 0 Å². The van der Waals surface area contributed by atoms with Crippen molar-refractivity contribution in [3.8, 4) is 76.8 Å². The Morgan fingerprint density at radius 3 is 1.23 bits per heavy atom. The van der Waals surface area contributed by atoms with E-state index in [1.165, 1.54) is 115 Å². The van der Waals surface area contributed by atoms with Crippen LogP contribution in [0, 0.1) is 0 Å². The van der Waals surface area contributed by atoms with E-state index in [-0.39, 0.29) is 5.41 Å². The van der Waals surface area contributed by atoms with Gasteiger partial charge in [-0.05, 0) is 207 Å². The van der Waals surface area contributed by atoms with Gasteiger partial charge in [-0.3, -0.25) is 0 Å². The van der Waals surface area contributed by atoms with E-state index in [4.69, 9.17) is 4.42 Å². The molecule has 20 aromatic rings. The second kappa shape index (κ2) is 27.0. The molecule has 0 saturated heterocycles. The van der Waals surface area contributed by atoms with Crippen LogP contribution in [0.2, 0.25) is 0 Å². The van der Waals surface area contributed by atoms with Crippen molar-refractivity contribution in [3.63, 3.8) is 0 Å². The molecule has 0 unspecified atom stereocenters. The highest BCUT2D eigenvalue weighted by Gasteiger charge is 2.36. The molecule has 0 atom stereocenters. The van der Waals surface area contributed by atoms with Crippen LogP contribution in [0.1, 0.15) is 25.0 Å². The molecule has 4 aromatic heterocycles. The van der Waals surface area contributed by atoms with Gasteiger partial charge < -0.3 is 23.4 Å². The summed E-state index contributed by atoms with van der Waals surface area (Å²) in [6.07, 6.45) is 0. The number of hydrogen-bond acceptors (Lipinski definition) is 4. The first-order chi connectivity index (χ1) is 53.8. The number of hydrogen-bond donors (Lipinski definition) is 0. The normalized spacial score (nSPS) is 12.2. The molecule has 0 radical (unpaired) electrons. The number of benzene rings is 16. The highest BCUT2D eigenvalue weighted by atomic mass is 32.1. The fourth-order valence-electron chi connectivity index (χ4n) is 16.7. The summed E-state index contributed by atoms with van der Waals surface area (Å²) in [5, 5.41) is 7.23. The fourth-order valence-corrected chi connectivity index (χ4v) is 17.7. The number of anilines is 6. The number of rotatable bonds is 13. The van der Waals surface area contributed by atoms with Crippen molar-refractivity contribution >= 4 is 111 Å². The van der Waals surface area contributed by atoms with Crippen LogP contribution in [0.25, 0.3) is 142 Å². The molecule has 16 aromatic carbocycles. The Morgan fingerprint density at radius 1 is 0.248 bits per heavy atom. The van der Waals surface area contributed by atoms with Gasteiger partial charge in [-0.1, -0.05) is 269 Å². The van der Waals surface area contributed by atoms with Crippen molar-refractivity contribution in [2.24, 2.45) is 0 Å². The quantitative estimate of drug-likeness (QED) is 0.115. The molecular weight excluding hydrogens is 1340 g/mol. The van der Waals surface area contributed by atoms with E-state index < -0.39 is 0 Å². The number of nitrogens with zero attached hydrogens (tertiary/aromatic N) is 4. The highest BCUT2D eigenvalue weighted by Crippen LogP contribution is 2.52. The van der Waals surface area contributed by atoms with Gasteiger partial charge in [0, 0.05) is 98.5 Å². The molecule has 516 valence electrons. The lowest BCUT2D eigenvalue weighted by Crippen LogP contribution is -2.16. The average molecular weight is 1410 g/mol. The summed E-state index contributed by atoms with van der Waals surface area (Å²) in [6.45, 7) is 4.70. The van der Waals surface area contributed by atoms with Crippen molar-refractivity contribution in [3.05, 3.63) is 412 Å². The monoisotopic (exact) mass is 1410 g/mol. The van der Waals surface area contributed by atoms with E-state index in [1.807, 2.05) is 23.5 Å². The zero-order valence-electron chi connectivity index (χ0n) is 60.2. The predicted molar refractivity (Wildman–Crippen MR) is 461 cm³/mol. The molecule has 21 rings (SSSR count). The summed E-state index contributed by atoms with van der Waals surface area (Å²) in [6, 6.07) is 145. The summed E-state index contributed by atoms with van der Waals surface area (Å²) >= 11 is 1.83. The standard InChI is InChI=1S/C52H34N2OS.C51H38N2/c1-3-12-36(13-4-1)50-32-33-51(56-50)37-24-28-40(29-25-37)53(39-26-22-35(23-27-39)42-18-11-19-45-44-17-8-10-21-49(44)55-52(42)45)41-30-31-48-46(34-41)43-16-7-9-20-47(43)54(48)38-14-5-2-6-15-38;1-51(2)47-19-11-9-17-43(47)44-31-30-42(34-48(44)51)52(40-26-21-36(22-27-40)35-13-5-3-6-14-35)41-28-23-37(24-29-41)38-25-32-50-46(33-38)45-18-10-12-20-49(45)53(50)39-15-7-4-8-16-39/h1-34H;3-34H,1-2H3. The smallest absolute Gasteiger partial charge is 0.143 e. The number of furan rings is 1. The molecule has 0 bridgehead atoms. The molecular formula is C103H72N4OS. The Hall–Kier alpha value is -13.8. The van der Waals surface area contributed by atoms with Crippen LogP contribution >= 0.6 is 11.3 Å². The molecule has 0 aliphatic heterocycles. The first-order valence-electron chi connectivity index (χ1n) is 37.4. The van der Waals surface area contributed by atoms with Gasteiger partial charge in [-0.2, -0.15) is 0 Å². The third-order valence-electron chi connectivity index (χ3n) is 22.0. The van der Waals surface area contributed by atoms with Gasteiger partial charge in [0.1, 0.15) is 11.2 Å². The van der Waals surface area contributed by atoms with Crippen LogP contribution in [0.5, 0.6) is 0 Å². The van der Waals surface area contributed by atoms with Crippen molar-refractivity contribution in [2.45, 2.75) is 19.3 Å². The molecule has 1 aliphatic rings. The highest BCUT2D eigenvalue weighted by molar-refractivity contribution is 7.18. The molecule has 5 nitrogen and oxygen atoms in total. The van der Waals surface area contributed by atoms with E-state index >= 15 is 0 Å². The Labute approximate surface area is 637 Å². The van der Waals surface area contributed by atoms with Gasteiger partial charge in [0.05, 0.1) is 22.1 Å². The van der Waals surface area contributed by atoms with Gasteiger partial charge >= 0.3 is 0 Å². The Kier molecular flexibility index (Phi) is 16.0. The number of fused-ring (bicyclic) bond motifs is 12. The van der Waals surface area contributed by atoms with Gasteiger partial charge in [-0.15, -0.1) is 11.3 Å². The van der Waals surface area contributed by atoms with Crippen LogP contribution in [-0.4, -0.2) is 9.13 Å². The summed E-state index contributed by atoms with van der Waals surface area (Å²) in [7, 11) is 0. The van der Waals surface area contributed by atoms with E-state index in [1.54, 1.807) is 0 Å². The maximum Gasteiger partial charge on any atom is 0.143 e. The Morgan fingerprint density at radius 2 is 0.633 bits per heavy atom. The summed E-state index contributed by atoms with van der Waals surface area (Å²) < 4.78 is 11.2. The van der Waals surface area contributed by atoms with Crippen molar-refractivity contribution in [1.82, 2.24) is 9.13 Å². The Bertz CT molecular complexity index is 6770. The lowest BCUT2D eigenvalue weighted by atomic mass is 9.82. The van der Waals surface area contributed by atoms with Gasteiger partial charge in [0.2, 0.25) is 0 Å². The van der Waals surface area contributed by atoms with Crippen LogP contribution in [0.15, 0.2) is 405 Å². The largest absolute Gasteiger partial charge is 0.455 e. The minimum Gasteiger partial charge on any atom is -0.455 e. The first kappa shape index (κ1) is 64.8. The van der Waals surface area contributed by atoms with E-state index in [0.29, 0.717) is 0 Å². The summed E-state index contributed by atoms with van der Waals surface area (Å²) in [5.41, 5.74) is 30.4. The lowest BCUT2D eigenvalue weighted by Gasteiger charge is -2.28.